The van der Waals surface area contributed by atoms with Crippen molar-refractivity contribution in [3.63, 3.8) is 0 Å². The van der Waals surface area contributed by atoms with Crippen LogP contribution < -0.4 is 15.8 Å². The van der Waals surface area contributed by atoms with Gasteiger partial charge in [-0.05, 0) is 24.3 Å². The second-order valence-electron chi connectivity index (χ2n) is 4.66. The van der Waals surface area contributed by atoms with Gasteiger partial charge >= 0.3 is 0 Å². The molecule has 0 radical (unpaired) electrons. The van der Waals surface area contributed by atoms with Crippen LogP contribution in [0.2, 0.25) is 0 Å². The van der Waals surface area contributed by atoms with Crippen LogP contribution in [0, 0.1) is 0 Å². The Morgan fingerprint density at radius 1 is 1.21 bits per heavy atom. The van der Waals surface area contributed by atoms with Crippen molar-refractivity contribution in [2.75, 3.05) is 19.0 Å². The highest BCUT2D eigenvalue weighted by Crippen LogP contribution is 2.23. The third kappa shape index (κ3) is 7.14. The van der Waals surface area contributed by atoms with E-state index in [-0.39, 0.29) is 43.2 Å². The summed E-state index contributed by atoms with van der Waals surface area (Å²) in [6.07, 6.45) is 3.23. The molecule has 0 saturated heterocycles. The zero-order chi connectivity index (χ0) is 15.8. The number of carbonyl (C=O) groups excluding carboxylic acids is 1. The Morgan fingerprint density at radius 2 is 1.92 bits per heavy atom. The number of amides is 1. The van der Waals surface area contributed by atoms with E-state index in [0.29, 0.717) is 23.7 Å². The first-order valence-corrected chi connectivity index (χ1v) is 6.92. The van der Waals surface area contributed by atoms with Crippen LogP contribution in [0.4, 0.5) is 5.69 Å². The number of ether oxygens (including phenoxy) is 2. The van der Waals surface area contributed by atoms with Gasteiger partial charge in [-0.25, -0.2) is 0 Å². The van der Waals surface area contributed by atoms with Gasteiger partial charge in [0.25, 0.3) is 0 Å². The van der Waals surface area contributed by atoms with Crippen molar-refractivity contribution in [3.8, 4) is 11.5 Å². The summed E-state index contributed by atoms with van der Waals surface area (Å²) < 4.78 is 10.8. The predicted molar refractivity (Wildman–Crippen MR) is 98.3 cm³/mol. The summed E-state index contributed by atoms with van der Waals surface area (Å²) in [5.74, 6) is 1.16. The molecule has 0 saturated carbocycles. The molecule has 0 aliphatic carbocycles. The standard InChI is InChI=1S/C16H19N3O3.2ClH/c1-21-15(11-17)10-16(20)19-12-3-2-4-14(9-12)22-13-5-7-18-8-6-13;;/h2-9,15H,10-11,17H2,1H3,(H,19,20);2*1H. The van der Waals surface area contributed by atoms with Gasteiger partial charge in [0.1, 0.15) is 11.5 Å². The van der Waals surface area contributed by atoms with Crippen LogP contribution in [0.1, 0.15) is 6.42 Å². The SMILES string of the molecule is COC(CN)CC(=O)Nc1cccc(Oc2ccncc2)c1.Cl.Cl. The molecule has 0 spiro atoms. The third-order valence-corrected chi connectivity index (χ3v) is 3.01. The zero-order valence-electron chi connectivity index (χ0n) is 13.2. The summed E-state index contributed by atoms with van der Waals surface area (Å²) in [4.78, 5) is 15.8. The minimum atomic E-state index is -0.281. The molecule has 0 aliphatic heterocycles. The molecule has 1 atom stereocenters. The fraction of sp³-hybridized carbons (Fsp3) is 0.250. The van der Waals surface area contributed by atoms with E-state index >= 15 is 0 Å². The third-order valence-electron chi connectivity index (χ3n) is 3.01. The number of hydrogen-bond donors (Lipinski definition) is 2. The number of rotatable bonds is 7. The van der Waals surface area contributed by atoms with E-state index in [2.05, 4.69) is 10.3 Å². The number of nitrogens with two attached hydrogens (primary N) is 1. The Balaban J connectivity index is 0.00000264. The number of methoxy groups -OCH3 is 1. The maximum Gasteiger partial charge on any atom is 0.227 e. The summed E-state index contributed by atoms with van der Waals surface area (Å²) in [6.45, 7) is 0.301. The molecule has 1 heterocycles. The van der Waals surface area contributed by atoms with E-state index in [9.17, 15) is 4.79 Å². The molecule has 6 nitrogen and oxygen atoms in total. The lowest BCUT2D eigenvalue weighted by atomic mass is 10.2. The lowest BCUT2D eigenvalue weighted by Gasteiger charge is -2.13. The summed E-state index contributed by atoms with van der Waals surface area (Å²) >= 11 is 0. The first-order chi connectivity index (χ1) is 10.7. The molecule has 0 fully saturated rings. The van der Waals surface area contributed by atoms with E-state index in [1.165, 1.54) is 7.11 Å². The van der Waals surface area contributed by atoms with Gasteiger partial charge in [0, 0.05) is 37.8 Å². The molecule has 1 amide bonds. The molecule has 132 valence electrons. The van der Waals surface area contributed by atoms with Gasteiger partial charge in [-0.15, -0.1) is 24.8 Å². The first-order valence-electron chi connectivity index (χ1n) is 6.92. The Morgan fingerprint density at radius 3 is 2.54 bits per heavy atom. The van der Waals surface area contributed by atoms with Crippen molar-refractivity contribution < 1.29 is 14.3 Å². The second kappa shape index (κ2) is 11.6. The number of halogens is 2. The smallest absolute Gasteiger partial charge is 0.227 e. The Kier molecular flexibility index (Phi) is 10.7. The maximum atomic E-state index is 11.9. The number of anilines is 1. The topological polar surface area (TPSA) is 86.5 Å². The Hall–Kier alpha value is -1.86. The minimum absolute atomic E-state index is 0. The second-order valence-corrected chi connectivity index (χ2v) is 4.66. The number of hydrogen-bond acceptors (Lipinski definition) is 5. The molecule has 3 N–H and O–H groups in total. The average Bonchev–Trinajstić information content (AvgIpc) is 2.54. The van der Waals surface area contributed by atoms with Crippen molar-refractivity contribution in [3.05, 3.63) is 48.8 Å². The molecular weight excluding hydrogens is 353 g/mol. The van der Waals surface area contributed by atoms with E-state index in [1.54, 1.807) is 36.7 Å². The lowest BCUT2D eigenvalue weighted by molar-refractivity contribution is -0.118. The summed E-state index contributed by atoms with van der Waals surface area (Å²) in [5, 5.41) is 2.80. The molecule has 0 aliphatic rings. The quantitative estimate of drug-likeness (QED) is 0.778. The number of pyridine rings is 1. The molecule has 8 heteroatoms. The number of benzene rings is 1. The van der Waals surface area contributed by atoms with Crippen molar-refractivity contribution >= 4 is 36.4 Å². The van der Waals surface area contributed by atoms with Crippen LogP contribution in [0.15, 0.2) is 48.8 Å². The van der Waals surface area contributed by atoms with Gasteiger partial charge in [-0.3, -0.25) is 9.78 Å². The number of aromatic nitrogens is 1. The zero-order valence-corrected chi connectivity index (χ0v) is 14.8. The number of nitrogens with one attached hydrogen (secondary N) is 1. The summed E-state index contributed by atoms with van der Waals surface area (Å²) in [5.41, 5.74) is 6.16. The highest BCUT2D eigenvalue weighted by atomic mass is 35.5. The minimum Gasteiger partial charge on any atom is -0.457 e. The van der Waals surface area contributed by atoms with Crippen molar-refractivity contribution in [2.24, 2.45) is 5.73 Å². The highest BCUT2D eigenvalue weighted by molar-refractivity contribution is 5.91. The Labute approximate surface area is 153 Å². The largest absolute Gasteiger partial charge is 0.457 e. The molecule has 1 aromatic carbocycles. The van der Waals surface area contributed by atoms with Gasteiger partial charge in [0.2, 0.25) is 5.91 Å². The molecule has 2 rings (SSSR count). The van der Waals surface area contributed by atoms with E-state index in [1.807, 2.05) is 12.1 Å². The van der Waals surface area contributed by atoms with Crippen LogP contribution in [0.3, 0.4) is 0 Å². The van der Waals surface area contributed by atoms with Crippen LogP contribution in [0.5, 0.6) is 11.5 Å². The fourth-order valence-corrected chi connectivity index (χ4v) is 1.86. The maximum absolute atomic E-state index is 11.9. The van der Waals surface area contributed by atoms with Gasteiger partial charge in [-0.1, -0.05) is 6.07 Å². The van der Waals surface area contributed by atoms with E-state index < -0.39 is 0 Å². The highest BCUT2D eigenvalue weighted by Gasteiger charge is 2.11. The number of carbonyl (C=O) groups is 1. The van der Waals surface area contributed by atoms with Crippen molar-refractivity contribution in [1.29, 1.82) is 0 Å². The number of nitrogens with zero attached hydrogens (tertiary/aromatic N) is 1. The van der Waals surface area contributed by atoms with Crippen LogP contribution in [-0.4, -0.2) is 30.6 Å². The van der Waals surface area contributed by atoms with Crippen molar-refractivity contribution in [2.45, 2.75) is 12.5 Å². The van der Waals surface area contributed by atoms with Crippen molar-refractivity contribution in [1.82, 2.24) is 4.98 Å². The van der Waals surface area contributed by atoms with Gasteiger partial charge in [-0.2, -0.15) is 0 Å². The monoisotopic (exact) mass is 373 g/mol. The van der Waals surface area contributed by atoms with Crippen LogP contribution >= 0.6 is 24.8 Å². The molecule has 1 aromatic heterocycles. The first kappa shape index (κ1) is 22.1. The summed E-state index contributed by atoms with van der Waals surface area (Å²) in [6, 6.07) is 10.7. The van der Waals surface area contributed by atoms with Gasteiger partial charge < -0.3 is 20.5 Å². The molecule has 1 unspecified atom stereocenters. The molecular formula is C16H21Cl2N3O3. The summed E-state index contributed by atoms with van der Waals surface area (Å²) in [7, 11) is 1.54. The average molecular weight is 374 g/mol. The van der Waals surface area contributed by atoms with E-state index in [0.717, 1.165) is 0 Å². The Bertz CT molecular complexity index is 611. The fourth-order valence-electron chi connectivity index (χ4n) is 1.86. The molecule has 2 aromatic rings. The van der Waals surface area contributed by atoms with E-state index in [4.69, 9.17) is 15.2 Å². The normalized spacial score (nSPS) is 10.8. The van der Waals surface area contributed by atoms with Gasteiger partial charge in [0.15, 0.2) is 0 Å². The van der Waals surface area contributed by atoms with Crippen LogP contribution in [-0.2, 0) is 9.53 Å². The van der Waals surface area contributed by atoms with Gasteiger partial charge in [0.05, 0.1) is 12.5 Å². The molecule has 0 bridgehead atoms. The predicted octanol–water partition coefficient (Wildman–Crippen LogP) is 3.02. The van der Waals surface area contributed by atoms with Crippen LogP contribution in [0.25, 0.3) is 0 Å². The molecule has 24 heavy (non-hydrogen) atoms. The lowest BCUT2D eigenvalue weighted by Crippen LogP contribution is -2.28.